The van der Waals surface area contributed by atoms with Crippen LogP contribution < -0.4 is 20.7 Å². The molecule has 0 bridgehead atoms. The molecule has 1 aromatic carbocycles. The maximum atomic E-state index is 11.8. The molecule has 0 aromatic heterocycles. The molecule has 7 nitrogen and oxygen atoms in total. The smallest absolute Gasteiger partial charge is 0.279 e. The van der Waals surface area contributed by atoms with Crippen molar-refractivity contribution in [2.75, 3.05) is 0 Å². The minimum absolute atomic E-state index is 0.0132. The van der Waals surface area contributed by atoms with Crippen LogP contribution in [0.15, 0.2) is 18.2 Å². The first-order valence-corrected chi connectivity index (χ1v) is 7.32. The summed E-state index contributed by atoms with van der Waals surface area (Å²) in [5.41, 5.74) is 6.63. The Morgan fingerprint density at radius 3 is 2.43 bits per heavy atom. The Kier molecular flexibility index (Phi) is 7.05. The molecule has 0 aliphatic carbocycles. The van der Waals surface area contributed by atoms with Crippen LogP contribution in [-0.4, -0.2) is 23.9 Å². The molecule has 0 heterocycles. The first-order chi connectivity index (χ1) is 10.8. The highest BCUT2D eigenvalue weighted by Gasteiger charge is 2.15. The summed E-state index contributed by atoms with van der Waals surface area (Å²) in [4.78, 5) is 33.5. The minimum atomic E-state index is -1.21. The maximum absolute atomic E-state index is 11.8. The molecule has 2 amide bonds. The monoisotopic (exact) mass is 321 g/mol. The number of carbonyl (C=O) groups is 3. The van der Waals surface area contributed by atoms with Crippen molar-refractivity contribution in [3.05, 3.63) is 29.3 Å². The van der Waals surface area contributed by atoms with Crippen LogP contribution in [-0.2, 0) is 14.4 Å². The summed E-state index contributed by atoms with van der Waals surface area (Å²) in [5.74, 6) is -1.62. The number of nitrogens with one attached hydrogen (secondary N) is 2. The van der Waals surface area contributed by atoms with Crippen LogP contribution in [0.1, 0.15) is 37.3 Å². The number of aryl methyl sites for hydroxylation is 2. The molecule has 1 rings (SSSR count). The van der Waals surface area contributed by atoms with Gasteiger partial charge in [0.1, 0.15) is 5.75 Å². The van der Waals surface area contributed by atoms with E-state index in [1.165, 1.54) is 0 Å². The topological polar surface area (TPSA) is 108 Å². The lowest BCUT2D eigenvalue weighted by Gasteiger charge is -2.16. The van der Waals surface area contributed by atoms with E-state index in [2.05, 4.69) is 10.9 Å². The molecule has 0 unspecified atom stereocenters. The fraction of sp³-hybridized carbons (Fsp3) is 0.438. The van der Waals surface area contributed by atoms with Crippen molar-refractivity contribution in [1.29, 1.82) is 0 Å². The van der Waals surface area contributed by atoms with Gasteiger partial charge in [0.05, 0.1) is 0 Å². The molecular weight excluding hydrogens is 300 g/mol. The molecule has 23 heavy (non-hydrogen) atoms. The van der Waals surface area contributed by atoms with Crippen LogP contribution in [0.3, 0.4) is 0 Å². The number of carboxylic acids is 1. The van der Waals surface area contributed by atoms with E-state index < -0.39 is 23.9 Å². The number of carboxylic acid groups (broad SMARTS) is 1. The van der Waals surface area contributed by atoms with Gasteiger partial charge in [0.2, 0.25) is 5.91 Å². The van der Waals surface area contributed by atoms with Crippen molar-refractivity contribution in [2.45, 2.75) is 46.1 Å². The van der Waals surface area contributed by atoms with Crippen molar-refractivity contribution in [3.63, 3.8) is 0 Å². The van der Waals surface area contributed by atoms with Gasteiger partial charge in [-0.2, -0.15) is 0 Å². The number of ether oxygens (including phenoxy) is 1. The summed E-state index contributed by atoms with van der Waals surface area (Å²) >= 11 is 0. The van der Waals surface area contributed by atoms with Crippen LogP contribution in [0.25, 0.3) is 0 Å². The number of aliphatic carboxylic acids is 1. The highest BCUT2D eigenvalue weighted by Crippen LogP contribution is 2.17. The summed E-state index contributed by atoms with van der Waals surface area (Å²) in [6.45, 7) is 5.48. The Bertz CT molecular complexity index is 586. The van der Waals surface area contributed by atoms with Gasteiger partial charge in [0, 0.05) is 12.4 Å². The Hall–Kier alpha value is -2.57. The van der Waals surface area contributed by atoms with Crippen molar-refractivity contribution >= 4 is 17.8 Å². The van der Waals surface area contributed by atoms with E-state index in [0.717, 1.165) is 11.1 Å². The molecular formula is C16H21N2O5-. The summed E-state index contributed by atoms with van der Waals surface area (Å²) < 4.78 is 5.51. The number of rotatable bonds is 7. The van der Waals surface area contributed by atoms with Gasteiger partial charge in [-0.1, -0.05) is 6.07 Å². The van der Waals surface area contributed by atoms with E-state index in [4.69, 9.17) is 4.74 Å². The Morgan fingerprint density at radius 1 is 1.13 bits per heavy atom. The fourth-order valence-electron chi connectivity index (χ4n) is 1.73. The van der Waals surface area contributed by atoms with E-state index in [1.807, 2.05) is 26.0 Å². The zero-order valence-corrected chi connectivity index (χ0v) is 13.5. The lowest BCUT2D eigenvalue weighted by Crippen LogP contribution is -2.47. The van der Waals surface area contributed by atoms with E-state index in [9.17, 15) is 19.5 Å². The van der Waals surface area contributed by atoms with Gasteiger partial charge in [-0.05, 0) is 56.9 Å². The molecule has 0 aliphatic heterocycles. The lowest BCUT2D eigenvalue weighted by atomic mass is 10.1. The third-order valence-corrected chi connectivity index (χ3v) is 3.27. The van der Waals surface area contributed by atoms with Crippen LogP contribution >= 0.6 is 0 Å². The van der Waals surface area contributed by atoms with Gasteiger partial charge in [0.15, 0.2) is 6.10 Å². The zero-order valence-electron chi connectivity index (χ0n) is 13.5. The van der Waals surface area contributed by atoms with E-state index in [0.29, 0.717) is 5.75 Å². The normalized spacial score (nSPS) is 11.4. The Balaban J connectivity index is 2.37. The number of benzene rings is 1. The minimum Gasteiger partial charge on any atom is -0.550 e. The zero-order chi connectivity index (χ0) is 17.4. The van der Waals surface area contributed by atoms with Gasteiger partial charge in [0.25, 0.3) is 5.91 Å². The molecule has 7 heteroatoms. The third kappa shape index (κ3) is 6.82. The van der Waals surface area contributed by atoms with E-state index in [-0.39, 0.29) is 19.3 Å². The van der Waals surface area contributed by atoms with Crippen LogP contribution in [0.4, 0.5) is 0 Å². The average molecular weight is 321 g/mol. The van der Waals surface area contributed by atoms with Crippen LogP contribution in [0.5, 0.6) is 5.75 Å². The van der Waals surface area contributed by atoms with E-state index >= 15 is 0 Å². The quantitative estimate of drug-likeness (QED) is 0.695. The molecule has 0 aliphatic rings. The number of hydrogen-bond acceptors (Lipinski definition) is 5. The van der Waals surface area contributed by atoms with Gasteiger partial charge in [-0.15, -0.1) is 0 Å². The largest absolute Gasteiger partial charge is 0.550 e. The molecule has 0 radical (unpaired) electrons. The summed E-state index contributed by atoms with van der Waals surface area (Å²) in [5, 5.41) is 10.2. The molecule has 126 valence electrons. The Morgan fingerprint density at radius 2 is 1.83 bits per heavy atom. The molecule has 1 atom stereocenters. The molecule has 0 spiro atoms. The van der Waals surface area contributed by atoms with E-state index in [1.54, 1.807) is 13.0 Å². The van der Waals surface area contributed by atoms with Crippen molar-refractivity contribution in [1.82, 2.24) is 10.9 Å². The van der Waals surface area contributed by atoms with Crippen LogP contribution in [0.2, 0.25) is 0 Å². The first kappa shape index (κ1) is 18.5. The predicted molar refractivity (Wildman–Crippen MR) is 81.1 cm³/mol. The van der Waals surface area contributed by atoms with Gasteiger partial charge < -0.3 is 14.6 Å². The highest BCUT2D eigenvalue weighted by molar-refractivity contribution is 5.84. The SMILES string of the molecule is Cc1ccc(O[C@H](C)C(=O)NNC(=O)CCCC(=O)[O-])cc1C. The number of hydrogen-bond donors (Lipinski definition) is 2. The molecule has 1 aromatic rings. The fourth-order valence-corrected chi connectivity index (χ4v) is 1.73. The number of carbonyl (C=O) groups excluding carboxylic acids is 3. The Labute approximate surface area is 135 Å². The standard InChI is InChI=1S/C16H22N2O5/c1-10-7-8-13(9-11(10)2)23-12(3)16(22)18-17-14(19)5-4-6-15(20)21/h7-9,12H,4-6H2,1-3H3,(H,17,19)(H,18,22)(H,20,21)/p-1/t12-/m1/s1. The van der Waals surface area contributed by atoms with Gasteiger partial charge in [-0.25, -0.2) is 0 Å². The first-order valence-electron chi connectivity index (χ1n) is 7.32. The molecule has 0 fully saturated rings. The molecule has 0 saturated heterocycles. The second-order valence-electron chi connectivity index (χ2n) is 5.27. The summed E-state index contributed by atoms with van der Waals surface area (Å²) in [6.07, 6.45) is -0.854. The third-order valence-electron chi connectivity index (χ3n) is 3.27. The average Bonchev–Trinajstić information content (AvgIpc) is 2.48. The van der Waals surface area contributed by atoms with Crippen molar-refractivity contribution < 1.29 is 24.2 Å². The van der Waals surface area contributed by atoms with Crippen LogP contribution in [0, 0.1) is 13.8 Å². The maximum Gasteiger partial charge on any atom is 0.279 e. The van der Waals surface area contributed by atoms with Gasteiger partial charge in [-0.3, -0.25) is 20.4 Å². The highest BCUT2D eigenvalue weighted by atomic mass is 16.5. The second-order valence-corrected chi connectivity index (χ2v) is 5.27. The number of amides is 2. The van der Waals surface area contributed by atoms with Crippen molar-refractivity contribution in [2.24, 2.45) is 0 Å². The van der Waals surface area contributed by atoms with Crippen molar-refractivity contribution in [3.8, 4) is 5.75 Å². The molecule has 2 N–H and O–H groups in total. The number of hydrazine groups is 1. The summed E-state index contributed by atoms with van der Waals surface area (Å²) in [7, 11) is 0. The summed E-state index contributed by atoms with van der Waals surface area (Å²) in [6, 6.07) is 5.50. The lowest BCUT2D eigenvalue weighted by molar-refractivity contribution is -0.305. The second kappa shape index (κ2) is 8.77. The molecule has 0 saturated carbocycles. The predicted octanol–water partition coefficient (Wildman–Crippen LogP) is 0.138. The van der Waals surface area contributed by atoms with Gasteiger partial charge >= 0.3 is 0 Å².